The van der Waals surface area contributed by atoms with Crippen molar-refractivity contribution in [1.82, 2.24) is 14.9 Å². The van der Waals surface area contributed by atoms with Gasteiger partial charge < -0.3 is 49.4 Å². The molecule has 5 rings (SSSR count). The summed E-state index contributed by atoms with van der Waals surface area (Å²) in [6.45, 7) is 5.24. The van der Waals surface area contributed by atoms with Gasteiger partial charge in [-0.3, -0.25) is 4.90 Å². The Balaban J connectivity index is 0.000000338. The van der Waals surface area contributed by atoms with E-state index in [1.807, 2.05) is 12.1 Å². The van der Waals surface area contributed by atoms with Crippen LogP contribution < -0.4 is 24.3 Å². The summed E-state index contributed by atoms with van der Waals surface area (Å²) in [6.07, 6.45) is 4.64. The average Bonchev–Trinajstić information content (AvgIpc) is 3.56. The number of benzene rings is 2. The van der Waals surface area contributed by atoms with Crippen LogP contribution in [0.1, 0.15) is 6.42 Å². The van der Waals surface area contributed by atoms with Crippen molar-refractivity contribution in [2.24, 2.45) is 0 Å². The molecule has 1 aromatic heterocycles. The Morgan fingerprint density at radius 1 is 0.918 bits per heavy atom. The molecule has 0 aliphatic carbocycles. The first kappa shape index (κ1) is 37.8. The Kier molecular flexibility index (Phi) is 14.8. The summed E-state index contributed by atoms with van der Waals surface area (Å²) < 4.78 is 28.1. The van der Waals surface area contributed by atoms with Crippen LogP contribution in [-0.2, 0) is 23.9 Å². The number of anilines is 2. The van der Waals surface area contributed by atoms with Crippen LogP contribution >= 0.6 is 11.6 Å². The van der Waals surface area contributed by atoms with Crippen LogP contribution in [0.2, 0.25) is 5.02 Å². The predicted octanol–water partition coefficient (Wildman–Crippen LogP) is 3.29. The third kappa shape index (κ3) is 12.5. The number of methoxy groups -OCH3 is 1. The molecule has 0 unspecified atom stereocenters. The number of aliphatic carboxylic acids is 4. The molecule has 2 aromatic carbocycles. The van der Waals surface area contributed by atoms with E-state index in [1.54, 1.807) is 19.2 Å². The topological polar surface area (TPSA) is 236 Å². The molecular formula is C31H33ClN4O13. The molecule has 0 bridgehead atoms. The van der Waals surface area contributed by atoms with Crippen molar-refractivity contribution in [2.75, 3.05) is 58.7 Å². The van der Waals surface area contributed by atoms with Gasteiger partial charge in [0.15, 0.2) is 23.0 Å². The van der Waals surface area contributed by atoms with Crippen LogP contribution in [-0.4, -0.2) is 113 Å². The zero-order chi connectivity index (χ0) is 35.8. The molecule has 0 saturated carbocycles. The van der Waals surface area contributed by atoms with Crippen LogP contribution in [0, 0.1) is 0 Å². The number of halogens is 1. The number of hydrogen-bond acceptors (Lipinski definition) is 13. The first-order valence-corrected chi connectivity index (χ1v) is 14.7. The highest BCUT2D eigenvalue weighted by Gasteiger charge is 2.22. The number of carbonyl (C=O) groups is 4. The van der Waals surface area contributed by atoms with Gasteiger partial charge >= 0.3 is 23.9 Å². The average molecular weight is 705 g/mol. The van der Waals surface area contributed by atoms with E-state index in [9.17, 15) is 19.2 Å². The molecule has 2 aliphatic heterocycles. The van der Waals surface area contributed by atoms with Crippen LogP contribution in [0.15, 0.2) is 54.9 Å². The molecule has 49 heavy (non-hydrogen) atoms. The predicted molar refractivity (Wildman–Crippen MR) is 173 cm³/mol. The van der Waals surface area contributed by atoms with Crippen molar-refractivity contribution < 1.29 is 63.3 Å². The molecular weight excluding hydrogens is 672 g/mol. The molecule has 0 spiro atoms. The van der Waals surface area contributed by atoms with E-state index in [4.69, 9.17) is 55.7 Å². The molecule has 2 aliphatic rings. The number of nitrogens with one attached hydrogen (secondary N) is 1. The molecule has 3 aromatic rings. The number of rotatable bonds is 12. The van der Waals surface area contributed by atoms with E-state index in [2.05, 4.69) is 20.2 Å². The molecule has 5 N–H and O–H groups in total. The van der Waals surface area contributed by atoms with Crippen molar-refractivity contribution >= 4 is 57.9 Å². The summed E-state index contributed by atoms with van der Waals surface area (Å²) in [4.78, 5) is 49.4. The number of morpholine rings is 1. The smallest absolute Gasteiger partial charge is 0.328 e. The quantitative estimate of drug-likeness (QED) is 0.134. The van der Waals surface area contributed by atoms with Crippen molar-refractivity contribution in [1.29, 1.82) is 0 Å². The Morgan fingerprint density at radius 3 is 2.14 bits per heavy atom. The lowest BCUT2D eigenvalue weighted by Gasteiger charge is -2.26. The van der Waals surface area contributed by atoms with E-state index in [-0.39, 0.29) is 6.79 Å². The Morgan fingerprint density at radius 2 is 1.55 bits per heavy atom. The fraction of sp³-hybridized carbons (Fsp3) is 0.290. The summed E-state index contributed by atoms with van der Waals surface area (Å²) in [6, 6.07) is 7.26. The minimum Gasteiger partial charge on any atom is -0.493 e. The van der Waals surface area contributed by atoms with E-state index in [1.165, 1.54) is 6.33 Å². The largest absolute Gasteiger partial charge is 0.493 e. The summed E-state index contributed by atoms with van der Waals surface area (Å²) in [5.74, 6) is -2.02. The molecule has 0 amide bonds. The minimum absolute atomic E-state index is 0.148. The van der Waals surface area contributed by atoms with E-state index in [0.717, 1.165) is 50.2 Å². The second-order valence-electron chi connectivity index (χ2n) is 9.70. The maximum atomic E-state index is 9.55. The normalized spacial score (nSPS) is 13.6. The van der Waals surface area contributed by atoms with Gasteiger partial charge in [0.2, 0.25) is 6.79 Å². The fourth-order valence-corrected chi connectivity index (χ4v) is 4.40. The SMILES string of the molecule is COc1cc2c(Nc3c(Cl)ccc4c3OCO4)ncnc2cc1OCCCN1CCOCC1.O=C(O)/C=C/C(=O)O.O=C(O)/C=C/C(=O)O. The number of hydrogen-bond donors (Lipinski definition) is 5. The summed E-state index contributed by atoms with van der Waals surface area (Å²) in [5.41, 5.74) is 1.31. The van der Waals surface area contributed by atoms with Gasteiger partial charge in [0, 0.05) is 55.4 Å². The molecule has 0 atom stereocenters. The van der Waals surface area contributed by atoms with Gasteiger partial charge in [-0.15, -0.1) is 0 Å². The lowest BCUT2D eigenvalue weighted by molar-refractivity contribution is -0.134. The Bertz CT molecular complexity index is 1630. The number of carboxylic acids is 4. The highest BCUT2D eigenvalue weighted by atomic mass is 35.5. The highest BCUT2D eigenvalue weighted by molar-refractivity contribution is 6.34. The number of ether oxygens (including phenoxy) is 5. The Labute approximate surface area is 283 Å². The summed E-state index contributed by atoms with van der Waals surface area (Å²) >= 11 is 6.42. The molecule has 17 nitrogen and oxygen atoms in total. The first-order chi connectivity index (χ1) is 23.5. The van der Waals surface area contributed by atoms with Gasteiger partial charge in [-0.25, -0.2) is 29.1 Å². The van der Waals surface area contributed by atoms with Crippen LogP contribution in [0.5, 0.6) is 23.0 Å². The number of aromatic nitrogens is 2. The van der Waals surface area contributed by atoms with Gasteiger partial charge in [0.1, 0.15) is 17.8 Å². The van der Waals surface area contributed by atoms with Crippen molar-refractivity contribution in [2.45, 2.75) is 6.42 Å². The van der Waals surface area contributed by atoms with Crippen molar-refractivity contribution in [3.8, 4) is 23.0 Å². The molecule has 262 valence electrons. The molecule has 18 heteroatoms. The lowest BCUT2D eigenvalue weighted by Crippen LogP contribution is -2.37. The zero-order valence-corrected chi connectivity index (χ0v) is 26.8. The summed E-state index contributed by atoms with van der Waals surface area (Å²) in [5, 5.41) is 35.8. The van der Waals surface area contributed by atoms with Gasteiger partial charge in [-0.2, -0.15) is 0 Å². The van der Waals surface area contributed by atoms with Crippen LogP contribution in [0.3, 0.4) is 0 Å². The van der Waals surface area contributed by atoms with Crippen LogP contribution in [0.25, 0.3) is 10.9 Å². The van der Waals surface area contributed by atoms with Crippen LogP contribution in [0.4, 0.5) is 11.5 Å². The molecule has 3 heterocycles. The minimum atomic E-state index is -1.26. The maximum absolute atomic E-state index is 9.55. The number of fused-ring (bicyclic) bond motifs is 2. The van der Waals surface area contributed by atoms with E-state index >= 15 is 0 Å². The van der Waals surface area contributed by atoms with Crippen molar-refractivity contribution in [3.05, 3.63) is 59.9 Å². The van der Waals surface area contributed by atoms with Gasteiger partial charge in [-0.1, -0.05) is 11.6 Å². The van der Waals surface area contributed by atoms with E-state index < -0.39 is 23.9 Å². The van der Waals surface area contributed by atoms with Gasteiger partial charge in [0.25, 0.3) is 0 Å². The maximum Gasteiger partial charge on any atom is 0.328 e. The Hall–Kier alpha value is -5.65. The second-order valence-corrected chi connectivity index (χ2v) is 10.1. The highest BCUT2D eigenvalue weighted by Crippen LogP contribution is 2.45. The third-order valence-corrected chi connectivity index (χ3v) is 6.68. The fourth-order valence-electron chi connectivity index (χ4n) is 4.20. The lowest BCUT2D eigenvalue weighted by atomic mass is 10.2. The monoisotopic (exact) mass is 704 g/mol. The number of carboxylic acid groups (broad SMARTS) is 4. The first-order valence-electron chi connectivity index (χ1n) is 14.4. The number of nitrogens with zero attached hydrogens (tertiary/aromatic N) is 3. The third-order valence-electron chi connectivity index (χ3n) is 6.37. The standard InChI is InChI=1S/C23H25ClN4O5.2C4H4O4/c1-29-19-11-15-17(12-20(19)31-8-2-5-28-6-9-30-10-7-28)25-13-26-23(15)27-21-16(24)3-4-18-22(21)33-14-32-18;2*5-3(6)1-2-4(7)8/h3-4,11-13H,2,5-10,14H2,1H3,(H,25,26,27);2*1-2H,(H,5,6)(H,7,8)/b;2*2-1+. The molecule has 1 fully saturated rings. The van der Waals surface area contributed by atoms with E-state index in [0.29, 0.717) is 70.4 Å². The molecule has 1 saturated heterocycles. The van der Waals surface area contributed by atoms with Gasteiger partial charge in [0.05, 0.1) is 37.5 Å². The zero-order valence-electron chi connectivity index (χ0n) is 26.0. The second kappa shape index (κ2) is 19.2. The molecule has 0 radical (unpaired) electrons. The van der Waals surface area contributed by atoms with Crippen molar-refractivity contribution in [3.63, 3.8) is 0 Å². The summed E-state index contributed by atoms with van der Waals surface area (Å²) in [7, 11) is 1.62. The van der Waals surface area contributed by atoms with Gasteiger partial charge in [-0.05, 0) is 24.6 Å².